The van der Waals surface area contributed by atoms with Gasteiger partial charge in [-0.25, -0.2) is 0 Å². The Bertz CT molecular complexity index is 1060. The minimum atomic E-state index is 0.328. The van der Waals surface area contributed by atoms with Gasteiger partial charge in [-0.2, -0.15) is 15.1 Å². The van der Waals surface area contributed by atoms with Crippen molar-refractivity contribution >= 4 is 23.4 Å². The molecule has 1 aliphatic carbocycles. The summed E-state index contributed by atoms with van der Waals surface area (Å²) in [6, 6.07) is 6.07. The van der Waals surface area contributed by atoms with Gasteiger partial charge in [0.05, 0.1) is 17.9 Å². The predicted molar refractivity (Wildman–Crippen MR) is 128 cm³/mol. The molecule has 3 aromatic heterocycles. The van der Waals surface area contributed by atoms with E-state index in [1.165, 1.54) is 12.8 Å². The lowest BCUT2D eigenvalue weighted by Crippen LogP contribution is -2.46. The monoisotopic (exact) mass is 451 g/mol. The van der Waals surface area contributed by atoms with Gasteiger partial charge in [0.1, 0.15) is 17.5 Å². The zero-order valence-electron chi connectivity index (χ0n) is 19.6. The van der Waals surface area contributed by atoms with E-state index in [0.29, 0.717) is 24.3 Å². The van der Waals surface area contributed by atoms with Crippen LogP contribution in [0.5, 0.6) is 0 Å². The number of hydrogen-bond donors (Lipinski definition) is 3. The third kappa shape index (κ3) is 5.27. The van der Waals surface area contributed by atoms with Crippen LogP contribution in [0.2, 0.25) is 0 Å². The molecule has 0 radical (unpaired) electrons. The average Bonchev–Trinajstić information content (AvgIpc) is 3.37. The highest BCUT2D eigenvalue weighted by molar-refractivity contribution is 5.60. The van der Waals surface area contributed by atoms with Gasteiger partial charge < -0.3 is 25.0 Å². The van der Waals surface area contributed by atoms with E-state index in [2.05, 4.69) is 62.6 Å². The Hall–Kier alpha value is -3.14. The fraction of sp³-hybridized carbons (Fsp3) is 0.565. The Morgan fingerprint density at radius 3 is 2.64 bits per heavy atom. The molecule has 5 rings (SSSR count). The van der Waals surface area contributed by atoms with Crippen molar-refractivity contribution in [1.29, 1.82) is 0 Å². The number of anilines is 4. The SMILES string of the molecule is CCN1CCN(c2cc(Nc3cc(C4CC4)n[nH]3)nc(NCc3cc(C(C)C)no3)n2)CC1. The highest BCUT2D eigenvalue weighted by Crippen LogP contribution is 2.39. The summed E-state index contributed by atoms with van der Waals surface area (Å²) in [5, 5.41) is 18.4. The van der Waals surface area contributed by atoms with Crippen molar-refractivity contribution in [3.8, 4) is 0 Å². The first-order chi connectivity index (χ1) is 16.1. The first-order valence-electron chi connectivity index (χ1n) is 12.0. The Kier molecular flexibility index (Phi) is 6.17. The Morgan fingerprint density at radius 2 is 1.94 bits per heavy atom. The summed E-state index contributed by atoms with van der Waals surface area (Å²) < 4.78 is 5.46. The van der Waals surface area contributed by atoms with Gasteiger partial charge in [-0.15, -0.1) is 0 Å². The number of H-pyrrole nitrogens is 1. The number of aromatic nitrogens is 5. The fourth-order valence-electron chi connectivity index (χ4n) is 4.01. The molecule has 1 saturated heterocycles. The number of piperazine rings is 1. The minimum absolute atomic E-state index is 0.328. The second-order valence-corrected chi connectivity index (χ2v) is 9.19. The minimum Gasteiger partial charge on any atom is -0.359 e. The van der Waals surface area contributed by atoms with Gasteiger partial charge in [0.15, 0.2) is 5.76 Å². The molecule has 10 heteroatoms. The molecule has 33 heavy (non-hydrogen) atoms. The fourth-order valence-corrected chi connectivity index (χ4v) is 4.01. The van der Waals surface area contributed by atoms with Crippen LogP contribution < -0.4 is 15.5 Å². The molecule has 0 atom stereocenters. The molecular formula is C23H33N9O. The number of nitrogens with one attached hydrogen (secondary N) is 3. The van der Waals surface area contributed by atoms with Gasteiger partial charge in [0.25, 0.3) is 0 Å². The molecule has 0 bridgehead atoms. The van der Waals surface area contributed by atoms with E-state index in [-0.39, 0.29) is 0 Å². The topological polar surface area (TPSA) is 111 Å². The van der Waals surface area contributed by atoms with Crippen molar-refractivity contribution in [2.75, 3.05) is 48.3 Å². The summed E-state index contributed by atoms with van der Waals surface area (Å²) in [5.74, 6) is 4.73. The molecule has 0 amide bonds. The van der Waals surface area contributed by atoms with Crippen molar-refractivity contribution in [2.24, 2.45) is 0 Å². The van der Waals surface area contributed by atoms with E-state index >= 15 is 0 Å². The maximum atomic E-state index is 5.46. The Balaban J connectivity index is 1.34. The van der Waals surface area contributed by atoms with Gasteiger partial charge in [-0.3, -0.25) is 5.10 Å². The van der Waals surface area contributed by atoms with Crippen LogP contribution >= 0.6 is 0 Å². The molecule has 0 spiro atoms. The quantitative estimate of drug-likeness (QED) is 0.448. The highest BCUT2D eigenvalue weighted by atomic mass is 16.5. The predicted octanol–water partition coefficient (Wildman–Crippen LogP) is 3.69. The summed E-state index contributed by atoms with van der Waals surface area (Å²) in [7, 11) is 0. The summed E-state index contributed by atoms with van der Waals surface area (Å²) in [4.78, 5) is 14.3. The molecule has 4 heterocycles. The molecule has 1 saturated carbocycles. The number of nitrogens with zero attached hydrogens (tertiary/aromatic N) is 6. The van der Waals surface area contributed by atoms with Crippen molar-refractivity contribution in [2.45, 2.75) is 52.0 Å². The first-order valence-corrected chi connectivity index (χ1v) is 12.0. The molecule has 2 fully saturated rings. The lowest BCUT2D eigenvalue weighted by atomic mass is 10.1. The Labute approximate surface area is 194 Å². The molecule has 10 nitrogen and oxygen atoms in total. The smallest absolute Gasteiger partial charge is 0.227 e. The van der Waals surface area contributed by atoms with Crippen LogP contribution in [0.1, 0.15) is 62.6 Å². The van der Waals surface area contributed by atoms with Crippen LogP contribution in [-0.2, 0) is 6.54 Å². The van der Waals surface area contributed by atoms with Crippen molar-refractivity contribution in [3.05, 3.63) is 35.3 Å². The van der Waals surface area contributed by atoms with Crippen LogP contribution in [0.4, 0.5) is 23.4 Å². The van der Waals surface area contributed by atoms with Gasteiger partial charge >= 0.3 is 0 Å². The van der Waals surface area contributed by atoms with Gasteiger partial charge in [0, 0.05) is 50.3 Å². The Morgan fingerprint density at radius 1 is 1.12 bits per heavy atom. The molecule has 3 aromatic rings. The molecule has 3 N–H and O–H groups in total. The van der Waals surface area contributed by atoms with Crippen molar-refractivity contribution < 1.29 is 4.52 Å². The highest BCUT2D eigenvalue weighted by Gasteiger charge is 2.26. The number of aromatic amines is 1. The van der Waals surface area contributed by atoms with Crippen LogP contribution in [0.25, 0.3) is 0 Å². The van der Waals surface area contributed by atoms with Crippen molar-refractivity contribution in [3.63, 3.8) is 0 Å². The van der Waals surface area contributed by atoms with Gasteiger partial charge in [-0.1, -0.05) is 25.9 Å². The van der Waals surface area contributed by atoms with Crippen LogP contribution in [0, 0.1) is 0 Å². The summed E-state index contributed by atoms with van der Waals surface area (Å²) in [6.45, 7) is 11.9. The van der Waals surface area contributed by atoms with E-state index in [4.69, 9.17) is 14.5 Å². The van der Waals surface area contributed by atoms with E-state index < -0.39 is 0 Å². The molecule has 1 aliphatic heterocycles. The van der Waals surface area contributed by atoms with Crippen molar-refractivity contribution in [1.82, 2.24) is 30.2 Å². The molecular weight excluding hydrogens is 418 g/mol. The van der Waals surface area contributed by atoms with Crippen LogP contribution in [-0.4, -0.2) is 62.9 Å². The second kappa shape index (κ2) is 9.38. The summed E-state index contributed by atoms with van der Waals surface area (Å²) in [5.41, 5.74) is 2.07. The standard InChI is InChI=1S/C23H33N9O/c1-4-31-7-9-32(10-8-31)22-13-20(25-21-12-19(28-29-21)16-5-6-16)26-23(27-22)24-14-17-11-18(15(2)3)30-33-17/h11-13,15-16H,4-10,14H2,1-3H3,(H3,24,25,26,27,28,29). The normalized spacial score (nSPS) is 17.0. The molecule has 0 unspecified atom stereocenters. The van der Waals surface area contributed by atoms with Gasteiger partial charge in [0.2, 0.25) is 5.95 Å². The third-order valence-corrected chi connectivity index (χ3v) is 6.30. The van der Waals surface area contributed by atoms with Crippen LogP contribution in [0.15, 0.2) is 22.7 Å². The molecule has 2 aliphatic rings. The van der Waals surface area contributed by atoms with E-state index in [1.807, 2.05) is 12.1 Å². The second-order valence-electron chi connectivity index (χ2n) is 9.19. The maximum Gasteiger partial charge on any atom is 0.227 e. The number of rotatable bonds is 9. The van der Waals surface area contributed by atoms with Crippen LogP contribution in [0.3, 0.4) is 0 Å². The van der Waals surface area contributed by atoms with E-state index in [0.717, 1.165) is 67.3 Å². The lowest BCUT2D eigenvalue weighted by molar-refractivity contribution is 0.270. The molecule has 0 aromatic carbocycles. The summed E-state index contributed by atoms with van der Waals surface area (Å²) >= 11 is 0. The number of likely N-dealkylation sites (N-methyl/N-ethyl adjacent to an activating group) is 1. The largest absolute Gasteiger partial charge is 0.359 e. The summed E-state index contributed by atoms with van der Waals surface area (Å²) in [6.07, 6.45) is 2.44. The zero-order chi connectivity index (χ0) is 22.8. The maximum absolute atomic E-state index is 5.46. The van der Waals surface area contributed by atoms with Gasteiger partial charge in [-0.05, 0) is 25.3 Å². The molecule has 176 valence electrons. The first kappa shape index (κ1) is 21.7. The van der Waals surface area contributed by atoms with E-state index in [9.17, 15) is 0 Å². The average molecular weight is 452 g/mol. The van der Waals surface area contributed by atoms with E-state index in [1.54, 1.807) is 0 Å². The lowest BCUT2D eigenvalue weighted by Gasteiger charge is -2.34. The third-order valence-electron chi connectivity index (χ3n) is 6.30. The zero-order valence-corrected chi connectivity index (χ0v) is 19.6. The number of hydrogen-bond acceptors (Lipinski definition) is 9.